The molecule has 1 N–H and O–H groups in total. The van der Waals surface area contributed by atoms with E-state index >= 15 is 0 Å². The van der Waals surface area contributed by atoms with Crippen molar-refractivity contribution in [2.45, 2.75) is 12.7 Å². The summed E-state index contributed by atoms with van der Waals surface area (Å²) in [7, 11) is 1.99. The normalized spacial score (nSPS) is 14.7. The SMILES string of the molecule is CN1CCN(Cc2ccc(NC(=O)c3cncc(C#Cc4cnn5ccncc45)c3)cc2C(F)(F)F)CC1. The van der Waals surface area contributed by atoms with Crippen molar-refractivity contribution in [2.24, 2.45) is 0 Å². The number of carbonyl (C=O) groups is 1. The summed E-state index contributed by atoms with van der Waals surface area (Å²) in [5.74, 6) is 5.35. The Balaban J connectivity index is 1.32. The molecule has 3 aromatic heterocycles. The Hall–Kier alpha value is -4.27. The van der Waals surface area contributed by atoms with Gasteiger partial charge in [0.25, 0.3) is 5.91 Å². The Bertz CT molecular complexity index is 1530. The molecule has 0 aliphatic carbocycles. The maximum atomic E-state index is 13.9. The van der Waals surface area contributed by atoms with Crippen molar-refractivity contribution in [3.63, 3.8) is 0 Å². The van der Waals surface area contributed by atoms with Crippen LogP contribution >= 0.6 is 0 Å². The molecule has 1 aliphatic rings. The van der Waals surface area contributed by atoms with Crippen LogP contribution in [0.15, 0.2) is 61.4 Å². The Morgan fingerprint density at radius 1 is 1.03 bits per heavy atom. The van der Waals surface area contributed by atoms with Gasteiger partial charge in [0, 0.05) is 68.8 Å². The number of alkyl halides is 3. The molecule has 0 spiro atoms. The van der Waals surface area contributed by atoms with E-state index in [2.05, 4.69) is 37.1 Å². The number of amides is 1. The predicted octanol–water partition coefficient (Wildman–Crippen LogP) is 3.54. The van der Waals surface area contributed by atoms with Crippen LogP contribution in [0.25, 0.3) is 5.52 Å². The van der Waals surface area contributed by atoms with E-state index in [0.29, 0.717) is 24.2 Å². The minimum absolute atomic E-state index is 0.0554. The molecule has 0 radical (unpaired) electrons. The first kappa shape index (κ1) is 25.4. The summed E-state index contributed by atoms with van der Waals surface area (Å²) in [4.78, 5) is 25.1. The molecular weight excluding hydrogens is 495 g/mol. The molecule has 1 fully saturated rings. The van der Waals surface area contributed by atoms with Gasteiger partial charge < -0.3 is 10.2 Å². The Labute approximate surface area is 217 Å². The number of piperazine rings is 1. The number of halogens is 3. The molecule has 4 aromatic rings. The largest absolute Gasteiger partial charge is 0.416 e. The summed E-state index contributed by atoms with van der Waals surface area (Å²) in [6, 6.07) is 5.45. The fourth-order valence-corrected chi connectivity index (χ4v) is 4.21. The van der Waals surface area contributed by atoms with Gasteiger partial charge in [-0.15, -0.1) is 0 Å². The van der Waals surface area contributed by atoms with E-state index < -0.39 is 17.6 Å². The summed E-state index contributed by atoms with van der Waals surface area (Å²) in [6.07, 6.45) is 4.87. The summed E-state index contributed by atoms with van der Waals surface area (Å²) in [5, 5.41) is 6.76. The van der Waals surface area contributed by atoms with Crippen molar-refractivity contribution in [1.29, 1.82) is 0 Å². The average molecular weight is 520 g/mol. The van der Waals surface area contributed by atoms with Gasteiger partial charge in [-0.1, -0.05) is 17.9 Å². The lowest BCUT2D eigenvalue weighted by Crippen LogP contribution is -2.44. The monoisotopic (exact) mass is 519 g/mol. The number of aromatic nitrogens is 4. The first-order valence-electron chi connectivity index (χ1n) is 11.9. The molecule has 5 rings (SSSR count). The number of carbonyl (C=O) groups excluding carboxylic acids is 1. The van der Waals surface area contributed by atoms with Crippen LogP contribution in [0.3, 0.4) is 0 Å². The Kier molecular flexibility index (Phi) is 7.09. The van der Waals surface area contributed by atoms with Crippen LogP contribution in [0, 0.1) is 11.8 Å². The zero-order valence-electron chi connectivity index (χ0n) is 20.5. The number of anilines is 1. The highest BCUT2D eigenvalue weighted by molar-refractivity contribution is 6.04. The summed E-state index contributed by atoms with van der Waals surface area (Å²) in [5.41, 5.74) is 1.52. The van der Waals surface area contributed by atoms with Gasteiger partial charge >= 0.3 is 6.18 Å². The third-order valence-electron chi connectivity index (χ3n) is 6.33. The van der Waals surface area contributed by atoms with Crippen LogP contribution < -0.4 is 5.32 Å². The predicted molar refractivity (Wildman–Crippen MR) is 135 cm³/mol. The molecule has 1 saturated heterocycles. The summed E-state index contributed by atoms with van der Waals surface area (Å²) >= 11 is 0. The van der Waals surface area contributed by atoms with E-state index in [0.717, 1.165) is 24.7 Å². The van der Waals surface area contributed by atoms with Crippen molar-refractivity contribution in [2.75, 3.05) is 38.5 Å². The number of hydrogen-bond donors (Lipinski definition) is 1. The molecule has 1 amide bonds. The number of fused-ring (bicyclic) bond motifs is 1. The average Bonchev–Trinajstić information content (AvgIpc) is 3.32. The molecule has 11 heteroatoms. The lowest BCUT2D eigenvalue weighted by molar-refractivity contribution is -0.138. The molecule has 0 atom stereocenters. The van der Waals surface area contributed by atoms with Crippen LogP contribution in [-0.4, -0.2) is 68.5 Å². The van der Waals surface area contributed by atoms with Gasteiger partial charge in [-0.05, 0) is 30.8 Å². The van der Waals surface area contributed by atoms with E-state index in [1.165, 1.54) is 30.6 Å². The zero-order chi connectivity index (χ0) is 26.7. The second-order valence-electron chi connectivity index (χ2n) is 9.08. The Morgan fingerprint density at radius 2 is 1.84 bits per heavy atom. The van der Waals surface area contributed by atoms with Gasteiger partial charge in [0.05, 0.1) is 29.1 Å². The molecule has 0 saturated carbocycles. The van der Waals surface area contributed by atoms with Gasteiger partial charge in [-0.3, -0.25) is 19.7 Å². The van der Waals surface area contributed by atoms with E-state index in [1.54, 1.807) is 29.3 Å². The van der Waals surface area contributed by atoms with E-state index in [-0.39, 0.29) is 23.4 Å². The first-order chi connectivity index (χ1) is 18.3. The number of nitrogens with one attached hydrogen (secondary N) is 1. The maximum Gasteiger partial charge on any atom is 0.416 e. The fourth-order valence-electron chi connectivity index (χ4n) is 4.21. The van der Waals surface area contributed by atoms with Crippen molar-refractivity contribution in [1.82, 2.24) is 29.4 Å². The minimum atomic E-state index is -4.55. The molecular formula is C27H24F3N7O. The minimum Gasteiger partial charge on any atom is -0.322 e. The highest BCUT2D eigenvalue weighted by Crippen LogP contribution is 2.34. The topological polar surface area (TPSA) is 78.7 Å². The lowest BCUT2D eigenvalue weighted by atomic mass is 10.0. The molecule has 1 aromatic carbocycles. The molecule has 4 heterocycles. The zero-order valence-corrected chi connectivity index (χ0v) is 20.5. The second-order valence-corrected chi connectivity index (χ2v) is 9.08. The van der Waals surface area contributed by atoms with E-state index in [9.17, 15) is 18.0 Å². The van der Waals surface area contributed by atoms with Crippen LogP contribution in [0.4, 0.5) is 18.9 Å². The van der Waals surface area contributed by atoms with Crippen LogP contribution in [0.2, 0.25) is 0 Å². The standard InChI is InChI=1S/C27H24F3N7O/c1-35-8-10-36(11-9-35)18-21-4-5-23(13-24(21)27(28,29)30)34-26(38)22-12-19(14-32-15-22)2-3-20-16-33-37-7-6-31-17-25(20)37/h4-7,12-17H,8-11,18H2,1H3,(H,34,38). The van der Waals surface area contributed by atoms with E-state index in [4.69, 9.17) is 0 Å². The maximum absolute atomic E-state index is 13.9. The third-order valence-corrected chi connectivity index (χ3v) is 6.33. The molecule has 0 bridgehead atoms. The van der Waals surface area contributed by atoms with Gasteiger partial charge in [0.2, 0.25) is 0 Å². The van der Waals surface area contributed by atoms with Crippen LogP contribution in [0.1, 0.15) is 32.6 Å². The van der Waals surface area contributed by atoms with Crippen LogP contribution in [-0.2, 0) is 12.7 Å². The summed E-state index contributed by atoms with van der Waals surface area (Å²) in [6.45, 7) is 3.22. The number of likely N-dealkylation sites (N-methyl/N-ethyl adjacent to an activating group) is 1. The lowest BCUT2D eigenvalue weighted by Gasteiger charge is -2.33. The van der Waals surface area contributed by atoms with Gasteiger partial charge in [-0.2, -0.15) is 18.3 Å². The highest BCUT2D eigenvalue weighted by Gasteiger charge is 2.34. The number of pyridine rings is 1. The Morgan fingerprint density at radius 3 is 2.63 bits per heavy atom. The van der Waals surface area contributed by atoms with Gasteiger partial charge in [0.1, 0.15) is 5.52 Å². The quantitative estimate of drug-likeness (QED) is 0.416. The van der Waals surface area contributed by atoms with Crippen LogP contribution in [0.5, 0.6) is 0 Å². The molecule has 8 nitrogen and oxygen atoms in total. The molecule has 1 aliphatic heterocycles. The number of nitrogens with zero attached hydrogens (tertiary/aromatic N) is 6. The van der Waals surface area contributed by atoms with Crippen molar-refractivity contribution >= 4 is 17.1 Å². The summed E-state index contributed by atoms with van der Waals surface area (Å²) < 4.78 is 43.3. The van der Waals surface area contributed by atoms with Gasteiger partial charge in [-0.25, -0.2) is 4.52 Å². The number of benzene rings is 1. The molecule has 0 unspecified atom stereocenters. The number of hydrogen-bond acceptors (Lipinski definition) is 6. The van der Waals surface area contributed by atoms with Gasteiger partial charge in [0.15, 0.2) is 0 Å². The smallest absolute Gasteiger partial charge is 0.322 e. The van der Waals surface area contributed by atoms with Crippen molar-refractivity contribution in [3.05, 3.63) is 89.3 Å². The second kappa shape index (κ2) is 10.6. The first-order valence-corrected chi connectivity index (χ1v) is 11.9. The molecule has 194 valence electrons. The number of rotatable bonds is 4. The highest BCUT2D eigenvalue weighted by atomic mass is 19.4. The molecule has 38 heavy (non-hydrogen) atoms. The van der Waals surface area contributed by atoms with E-state index in [1.807, 2.05) is 11.9 Å². The fraction of sp³-hybridized carbons (Fsp3) is 0.259. The van der Waals surface area contributed by atoms with Crippen molar-refractivity contribution in [3.8, 4) is 11.8 Å². The third kappa shape index (κ3) is 5.82. The van der Waals surface area contributed by atoms with Crippen molar-refractivity contribution < 1.29 is 18.0 Å².